The molecule has 1 heterocycles. The number of nitrogens with zero attached hydrogens (tertiary/aromatic N) is 2. The minimum absolute atomic E-state index is 0.124. The molecular formula is C17H14BrN3O. The highest BCUT2D eigenvalue weighted by molar-refractivity contribution is 9.10. The van der Waals surface area contributed by atoms with Gasteiger partial charge in [-0.1, -0.05) is 45.8 Å². The van der Waals surface area contributed by atoms with Gasteiger partial charge in [0.15, 0.2) is 5.78 Å². The van der Waals surface area contributed by atoms with E-state index in [2.05, 4.69) is 21.0 Å². The standard InChI is InChI=1S/C17H14BrN3O/c1-11-2-4-12(5-3-11)16(22)15-10-20-21(17(15)19)14-8-6-13(18)7-9-14/h2-10H,19H2,1H3. The van der Waals surface area contributed by atoms with Gasteiger partial charge in [0.25, 0.3) is 0 Å². The minimum atomic E-state index is -0.124. The Bertz CT molecular complexity index is 820. The first kappa shape index (κ1) is 14.5. The van der Waals surface area contributed by atoms with E-state index in [1.807, 2.05) is 43.3 Å². The Hall–Kier alpha value is -2.40. The van der Waals surface area contributed by atoms with Gasteiger partial charge in [-0.15, -0.1) is 0 Å². The molecule has 4 nitrogen and oxygen atoms in total. The number of aryl methyl sites for hydroxylation is 1. The molecule has 0 saturated carbocycles. The van der Waals surface area contributed by atoms with E-state index in [4.69, 9.17) is 5.73 Å². The van der Waals surface area contributed by atoms with Crippen LogP contribution >= 0.6 is 15.9 Å². The number of ketones is 1. The molecule has 22 heavy (non-hydrogen) atoms. The van der Waals surface area contributed by atoms with Crippen LogP contribution in [0.25, 0.3) is 5.69 Å². The summed E-state index contributed by atoms with van der Waals surface area (Å²) in [5, 5.41) is 4.24. The molecular weight excluding hydrogens is 342 g/mol. The Balaban J connectivity index is 1.98. The summed E-state index contributed by atoms with van der Waals surface area (Å²) in [6.07, 6.45) is 1.51. The molecule has 0 bridgehead atoms. The van der Waals surface area contributed by atoms with Crippen LogP contribution < -0.4 is 5.73 Å². The van der Waals surface area contributed by atoms with Crippen LogP contribution in [-0.4, -0.2) is 15.6 Å². The van der Waals surface area contributed by atoms with E-state index in [1.165, 1.54) is 6.20 Å². The second-order valence-electron chi connectivity index (χ2n) is 5.03. The number of nitrogens with two attached hydrogens (primary N) is 1. The fourth-order valence-corrected chi connectivity index (χ4v) is 2.45. The molecule has 0 unspecified atom stereocenters. The highest BCUT2D eigenvalue weighted by atomic mass is 79.9. The van der Waals surface area contributed by atoms with Crippen molar-refractivity contribution in [3.63, 3.8) is 0 Å². The molecule has 0 fully saturated rings. The Kier molecular flexibility index (Phi) is 3.81. The third-order valence-corrected chi connectivity index (χ3v) is 3.96. The number of hydrogen-bond acceptors (Lipinski definition) is 3. The second-order valence-corrected chi connectivity index (χ2v) is 5.94. The summed E-state index contributed by atoms with van der Waals surface area (Å²) >= 11 is 3.39. The molecule has 0 atom stereocenters. The molecule has 3 rings (SSSR count). The van der Waals surface area contributed by atoms with Crippen LogP contribution in [0.4, 0.5) is 5.82 Å². The summed E-state index contributed by atoms with van der Waals surface area (Å²) < 4.78 is 2.53. The van der Waals surface area contributed by atoms with E-state index in [0.29, 0.717) is 16.9 Å². The lowest BCUT2D eigenvalue weighted by Crippen LogP contribution is -2.07. The molecule has 2 N–H and O–H groups in total. The number of nitrogen functional groups attached to an aromatic ring is 1. The van der Waals surface area contributed by atoms with Crippen LogP contribution in [0.3, 0.4) is 0 Å². The Morgan fingerprint density at radius 3 is 2.36 bits per heavy atom. The summed E-state index contributed by atoms with van der Waals surface area (Å²) in [4.78, 5) is 12.5. The zero-order valence-corrected chi connectivity index (χ0v) is 13.5. The van der Waals surface area contributed by atoms with Crippen molar-refractivity contribution in [2.75, 3.05) is 5.73 Å². The minimum Gasteiger partial charge on any atom is -0.383 e. The molecule has 2 aromatic carbocycles. The topological polar surface area (TPSA) is 60.9 Å². The van der Waals surface area contributed by atoms with Crippen LogP contribution in [0.15, 0.2) is 59.2 Å². The highest BCUT2D eigenvalue weighted by Gasteiger charge is 2.17. The quantitative estimate of drug-likeness (QED) is 0.727. The predicted octanol–water partition coefficient (Wildman–Crippen LogP) is 3.76. The Labute approximate surface area is 136 Å². The van der Waals surface area contributed by atoms with Gasteiger partial charge < -0.3 is 5.73 Å². The molecule has 0 aliphatic carbocycles. The lowest BCUT2D eigenvalue weighted by molar-refractivity contribution is 0.103. The monoisotopic (exact) mass is 355 g/mol. The molecule has 0 saturated heterocycles. The zero-order valence-electron chi connectivity index (χ0n) is 12.0. The molecule has 0 aliphatic rings. The molecule has 0 amide bonds. The van der Waals surface area contributed by atoms with Crippen LogP contribution in [0.5, 0.6) is 0 Å². The summed E-state index contributed by atoms with van der Waals surface area (Å²) in [5.74, 6) is 0.216. The van der Waals surface area contributed by atoms with Gasteiger partial charge in [-0.3, -0.25) is 4.79 Å². The maximum atomic E-state index is 12.5. The van der Waals surface area contributed by atoms with Gasteiger partial charge >= 0.3 is 0 Å². The van der Waals surface area contributed by atoms with Gasteiger partial charge in [0.05, 0.1) is 17.4 Å². The zero-order chi connectivity index (χ0) is 15.7. The Morgan fingerprint density at radius 1 is 1.09 bits per heavy atom. The van der Waals surface area contributed by atoms with E-state index in [0.717, 1.165) is 15.7 Å². The first-order valence-corrected chi connectivity index (χ1v) is 7.56. The number of anilines is 1. The van der Waals surface area contributed by atoms with Crippen LogP contribution in [-0.2, 0) is 0 Å². The summed E-state index contributed by atoms with van der Waals surface area (Å²) in [6, 6.07) is 15.0. The smallest absolute Gasteiger partial charge is 0.198 e. The van der Waals surface area contributed by atoms with Crippen molar-refractivity contribution >= 4 is 27.5 Å². The Morgan fingerprint density at radius 2 is 1.73 bits per heavy atom. The SMILES string of the molecule is Cc1ccc(C(=O)c2cnn(-c3ccc(Br)cc3)c2N)cc1. The molecule has 0 spiro atoms. The second kappa shape index (κ2) is 5.77. The molecule has 1 aromatic heterocycles. The van der Waals surface area contributed by atoms with Crippen molar-refractivity contribution in [3.8, 4) is 5.69 Å². The van der Waals surface area contributed by atoms with Crippen molar-refractivity contribution < 1.29 is 4.79 Å². The van der Waals surface area contributed by atoms with Gasteiger partial charge in [0.1, 0.15) is 5.82 Å². The van der Waals surface area contributed by atoms with Crippen molar-refractivity contribution in [2.45, 2.75) is 6.92 Å². The van der Waals surface area contributed by atoms with Crippen molar-refractivity contribution in [1.82, 2.24) is 9.78 Å². The number of benzene rings is 2. The normalized spacial score (nSPS) is 10.6. The molecule has 0 aliphatic heterocycles. The van der Waals surface area contributed by atoms with E-state index < -0.39 is 0 Å². The number of carbonyl (C=O) groups is 1. The number of carbonyl (C=O) groups excluding carboxylic acids is 1. The predicted molar refractivity (Wildman–Crippen MR) is 90.3 cm³/mol. The van der Waals surface area contributed by atoms with Crippen LogP contribution in [0, 0.1) is 6.92 Å². The third-order valence-electron chi connectivity index (χ3n) is 3.44. The molecule has 0 radical (unpaired) electrons. The molecule has 3 aromatic rings. The molecule has 110 valence electrons. The fourth-order valence-electron chi connectivity index (χ4n) is 2.18. The highest BCUT2D eigenvalue weighted by Crippen LogP contribution is 2.21. The first-order chi connectivity index (χ1) is 10.6. The van der Waals surface area contributed by atoms with E-state index in [9.17, 15) is 4.79 Å². The van der Waals surface area contributed by atoms with Gasteiger partial charge in [0, 0.05) is 10.0 Å². The average Bonchev–Trinajstić information content (AvgIpc) is 2.90. The van der Waals surface area contributed by atoms with Gasteiger partial charge in [-0.2, -0.15) is 5.10 Å². The van der Waals surface area contributed by atoms with Gasteiger partial charge in [0.2, 0.25) is 0 Å². The maximum Gasteiger partial charge on any atom is 0.198 e. The van der Waals surface area contributed by atoms with E-state index >= 15 is 0 Å². The van der Waals surface area contributed by atoms with Crippen molar-refractivity contribution in [1.29, 1.82) is 0 Å². The number of halogens is 1. The lowest BCUT2D eigenvalue weighted by Gasteiger charge is -2.05. The maximum absolute atomic E-state index is 12.5. The molecule has 5 heteroatoms. The summed E-state index contributed by atoms with van der Waals surface area (Å²) in [6.45, 7) is 1.98. The number of rotatable bonds is 3. The van der Waals surface area contributed by atoms with Crippen LogP contribution in [0.1, 0.15) is 21.5 Å². The largest absolute Gasteiger partial charge is 0.383 e. The fraction of sp³-hybridized carbons (Fsp3) is 0.0588. The van der Waals surface area contributed by atoms with Gasteiger partial charge in [-0.05, 0) is 31.2 Å². The van der Waals surface area contributed by atoms with Gasteiger partial charge in [-0.25, -0.2) is 4.68 Å². The lowest BCUT2D eigenvalue weighted by atomic mass is 10.0. The first-order valence-electron chi connectivity index (χ1n) is 6.77. The number of hydrogen-bond donors (Lipinski definition) is 1. The number of aromatic nitrogens is 2. The van der Waals surface area contributed by atoms with E-state index in [-0.39, 0.29) is 5.78 Å². The summed E-state index contributed by atoms with van der Waals surface area (Å²) in [7, 11) is 0. The van der Waals surface area contributed by atoms with Crippen molar-refractivity contribution in [2.24, 2.45) is 0 Å². The average molecular weight is 356 g/mol. The van der Waals surface area contributed by atoms with Crippen molar-refractivity contribution in [3.05, 3.63) is 75.9 Å². The third kappa shape index (κ3) is 2.67. The summed E-state index contributed by atoms with van der Waals surface area (Å²) in [5.41, 5.74) is 9.04. The van der Waals surface area contributed by atoms with Crippen LogP contribution in [0.2, 0.25) is 0 Å². The van der Waals surface area contributed by atoms with E-state index in [1.54, 1.807) is 16.8 Å².